The highest BCUT2D eigenvalue weighted by Crippen LogP contribution is 2.50. The van der Waals surface area contributed by atoms with Crippen molar-refractivity contribution in [1.29, 1.82) is 0 Å². The molecule has 3 fully saturated rings. The number of aliphatic hydroxyl groups is 1. The third-order valence-electron chi connectivity index (χ3n) is 8.54. The fourth-order valence-corrected chi connectivity index (χ4v) is 6.57. The van der Waals surface area contributed by atoms with Gasteiger partial charge in [-0.2, -0.15) is 13.2 Å². The van der Waals surface area contributed by atoms with Crippen molar-refractivity contribution in [3.63, 3.8) is 0 Å². The monoisotopic (exact) mass is 490 g/mol. The quantitative estimate of drug-likeness (QED) is 0.598. The summed E-state index contributed by atoms with van der Waals surface area (Å²) >= 11 is 0. The third-order valence-corrected chi connectivity index (χ3v) is 8.54. The normalized spacial score (nSPS) is 29.3. The zero-order valence-corrected chi connectivity index (χ0v) is 19.5. The number of rotatable bonds is 3. The molecule has 3 atom stereocenters. The largest absolute Gasteiger partial charge is 0.416 e. The van der Waals surface area contributed by atoms with Crippen molar-refractivity contribution in [2.45, 2.75) is 62.3 Å². The minimum atomic E-state index is -4.42. The second-order valence-electron chi connectivity index (χ2n) is 10.3. The van der Waals surface area contributed by atoms with E-state index in [1.807, 2.05) is 0 Å². The Labute approximate surface area is 202 Å². The Balaban J connectivity index is 1.36. The molecule has 2 N–H and O–H groups in total. The molecular weight excluding hydrogens is 460 g/mol. The van der Waals surface area contributed by atoms with Crippen molar-refractivity contribution < 1.29 is 27.5 Å². The van der Waals surface area contributed by atoms with Gasteiger partial charge in [0.15, 0.2) is 0 Å². The lowest BCUT2D eigenvalue weighted by Crippen LogP contribution is -2.57. The third kappa shape index (κ3) is 4.25. The van der Waals surface area contributed by atoms with Crippen molar-refractivity contribution in [3.05, 3.63) is 71.0 Å². The molecule has 2 aromatic rings. The standard InChI is InChI=1S/C27H30F4N2O2/c28-21-10-4-18(5-11-21)22-17-32-24(34)25(22)13-15-33(16-14-25)23-3-1-2-12-26(23,35)19-6-8-20(9-7-19)27(29,30)31/h4-11,22-23,35H,1-3,12-17H2,(H,32,34). The van der Waals surface area contributed by atoms with Crippen molar-refractivity contribution in [3.8, 4) is 0 Å². The molecule has 3 unspecified atom stereocenters. The summed E-state index contributed by atoms with van der Waals surface area (Å²) in [6, 6.07) is 11.0. The van der Waals surface area contributed by atoms with E-state index >= 15 is 0 Å². The SMILES string of the molecule is O=C1NCC(c2ccc(F)cc2)C12CCN(C1CCCCC1(O)c1ccc(C(F)(F)F)cc1)CC2. The first-order chi connectivity index (χ1) is 16.6. The number of halogens is 4. The number of nitrogens with zero attached hydrogens (tertiary/aromatic N) is 1. The number of carbonyl (C=O) groups is 1. The lowest BCUT2D eigenvalue weighted by atomic mass is 9.66. The van der Waals surface area contributed by atoms with Crippen LogP contribution in [0.3, 0.4) is 0 Å². The summed E-state index contributed by atoms with van der Waals surface area (Å²) in [4.78, 5) is 15.2. The fraction of sp³-hybridized carbons (Fsp3) is 0.519. The molecule has 5 rings (SSSR count). The van der Waals surface area contributed by atoms with Gasteiger partial charge in [0, 0.05) is 18.5 Å². The van der Waals surface area contributed by atoms with Gasteiger partial charge < -0.3 is 10.4 Å². The van der Waals surface area contributed by atoms with Gasteiger partial charge in [-0.3, -0.25) is 9.69 Å². The minimum Gasteiger partial charge on any atom is -0.384 e. The number of nitrogens with one attached hydrogen (secondary N) is 1. The van der Waals surface area contributed by atoms with Gasteiger partial charge in [-0.15, -0.1) is 0 Å². The van der Waals surface area contributed by atoms with Crippen LogP contribution in [0.2, 0.25) is 0 Å². The van der Waals surface area contributed by atoms with Crippen molar-refractivity contribution in [2.24, 2.45) is 5.41 Å². The Morgan fingerprint density at radius 1 is 0.943 bits per heavy atom. The summed E-state index contributed by atoms with van der Waals surface area (Å²) < 4.78 is 52.6. The lowest BCUT2D eigenvalue weighted by molar-refractivity contribution is -0.138. The smallest absolute Gasteiger partial charge is 0.384 e. The molecular formula is C27H30F4N2O2. The van der Waals surface area contributed by atoms with E-state index in [0.717, 1.165) is 37.0 Å². The van der Waals surface area contributed by atoms with Crippen LogP contribution in [0.4, 0.5) is 17.6 Å². The molecule has 2 aliphatic heterocycles. The van der Waals surface area contributed by atoms with Gasteiger partial charge in [0.2, 0.25) is 5.91 Å². The Kier molecular flexibility index (Phi) is 6.16. The molecule has 3 aliphatic rings. The average Bonchev–Trinajstić information content (AvgIpc) is 3.15. The molecule has 188 valence electrons. The van der Waals surface area contributed by atoms with Crippen molar-refractivity contribution in [2.75, 3.05) is 19.6 Å². The molecule has 4 nitrogen and oxygen atoms in total. The molecule has 1 spiro atoms. The summed E-state index contributed by atoms with van der Waals surface area (Å²) in [6.07, 6.45) is -0.214. The van der Waals surface area contributed by atoms with E-state index in [1.165, 1.54) is 24.3 Å². The van der Waals surface area contributed by atoms with E-state index < -0.39 is 22.8 Å². The molecule has 0 aromatic heterocycles. The second-order valence-corrected chi connectivity index (χ2v) is 10.3. The number of hydrogen-bond donors (Lipinski definition) is 2. The Morgan fingerprint density at radius 3 is 2.23 bits per heavy atom. The summed E-state index contributed by atoms with van der Waals surface area (Å²) in [5, 5.41) is 14.8. The molecule has 2 saturated heterocycles. The van der Waals surface area contributed by atoms with Gasteiger partial charge in [-0.25, -0.2) is 4.39 Å². The maximum atomic E-state index is 13.5. The molecule has 2 heterocycles. The average molecular weight is 491 g/mol. The number of likely N-dealkylation sites (tertiary alicyclic amines) is 1. The van der Waals surface area contributed by atoms with Gasteiger partial charge in [-0.05, 0) is 74.2 Å². The molecule has 0 radical (unpaired) electrons. The number of alkyl halides is 3. The fourth-order valence-electron chi connectivity index (χ4n) is 6.57. The Morgan fingerprint density at radius 2 is 1.60 bits per heavy atom. The summed E-state index contributed by atoms with van der Waals surface area (Å²) in [6.45, 7) is 1.74. The minimum absolute atomic E-state index is 0.0214. The Hall–Kier alpha value is -2.45. The van der Waals surface area contributed by atoms with Crippen LogP contribution in [-0.2, 0) is 16.6 Å². The van der Waals surface area contributed by atoms with Crippen LogP contribution in [0.15, 0.2) is 48.5 Å². The second kappa shape index (κ2) is 8.89. The van der Waals surface area contributed by atoms with Crippen LogP contribution in [0.5, 0.6) is 0 Å². The van der Waals surface area contributed by atoms with Gasteiger partial charge in [0.05, 0.1) is 11.0 Å². The highest BCUT2D eigenvalue weighted by Gasteiger charge is 2.54. The summed E-state index contributed by atoms with van der Waals surface area (Å²) in [7, 11) is 0. The van der Waals surface area contributed by atoms with Crippen molar-refractivity contribution in [1.82, 2.24) is 10.2 Å². The van der Waals surface area contributed by atoms with E-state index in [2.05, 4.69) is 10.2 Å². The topological polar surface area (TPSA) is 52.6 Å². The van der Waals surface area contributed by atoms with Gasteiger partial charge in [0.1, 0.15) is 11.4 Å². The number of hydrogen-bond acceptors (Lipinski definition) is 3. The molecule has 2 aromatic carbocycles. The van der Waals surface area contributed by atoms with E-state index in [-0.39, 0.29) is 23.7 Å². The van der Waals surface area contributed by atoms with Crippen LogP contribution in [0, 0.1) is 11.2 Å². The van der Waals surface area contributed by atoms with Gasteiger partial charge in [0.25, 0.3) is 0 Å². The molecule has 8 heteroatoms. The van der Waals surface area contributed by atoms with E-state index in [9.17, 15) is 27.5 Å². The number of carbonyl (C=O) groups excluding carboxylic acids is 1. The molecule has 0 bridgehead atoms. The zero-order chi connectivity index (χ0) is 24.8. The molecule has 35 heavy (non-hydrogen) atoms. The van der Waals surface area contributed by atoms with Crippen LogP contribution < -0.4 is 5.32 Å². The van der Waals surface area contributed by atoms with Gasteiger partial charge >= 0.3 is 6.18 Å². The van der Waals surface area contributed by atoms with Crippen LogP contribution in [0.1, 0.15) is 61.1 Å². The first kappa shape index (κ1) is 24.3. The first-order valence-corrected chi connectivity index (χ1v) is 12.3. The lowest BCUT2D eigenvalue weighted by Gasteiger charge is -2.50. The predicted molar refractivity (Wildman–Crippen MR) is 123 cm³/mol. The first-order valence-electron chi connectivity index (χ1n) is 12.3. The van der Waals surface area contributed by atoms with Crippen molar-refractivity contribution >= 4 is 5.91 Å². The molecule has 1 aliphatic carbocycles. The maximum Gasteiger partial charge on any atom is 0.416 e. The van der Waals surface area contributed by atoms with Gasteiger partial charge in [-0.1, -0.05) is 37.1 Å². The molecule has 1 amide bonds. The van der Waals surface area contributed by atoms with Crippen LogP contribution in [-0.4, -0.2) is 41.6 Å². The predicted octanol–water partition coefficient (Wildman–Crippen LogP) is 4.97. The number of benzene rings is 2. The number of piperidine rings is 1. The van der Waals surface area contributed by atoms with E-state index in [1.54, 1.807) is 12.1 Å². The highest BCUT2D eigenvalue weighted by atomic mass is 19.4. The molecule has 1 saturated carbocycles. The summed E-state index contributed by atoms with van der Waals surface area (Å²) in [5.41, 5.74) is -1.08. The zero-order valence-electron chi connectivity index (χ0n) is 19.5. The summed E-state index contributed by atoms with van der Waals surface area (Å²) in [5.74, 6) is -0.333. The van der Waals surface area contributed by atoms with E-state index in [4.69, 9.17) is 0 Å². The number of amides is 1. The van der Waals surface area contributed by atoms with Crippen LogP contribution in [0.25, 0.3) is 0 Å². The maximum absolute atomic E-state index is 13.5. The van der Waals surface area contributed by atoms with E-state index in [0.29, 0.717) is 44.5 Å². The Bertz CT molecular complexity index is 1060. The highest BCUT2D eigenvalue weighted by molar-refractivity contribution is 5.86. The van der Waals surface area contributed by atoms with Crippen LogP contribution >= 0.6 is 0 Å².